The first-order valence-corrected chi connectivity index (χ1v) is 7.76. The van der Waals surface area contributed by atoms with Gasteiger partial charge in [-0.3, -0.25) is 0 Å². The monoisotopic (exact) mass is 302 g/mol. The average molecular weight is 302 g/mol. The molecular weight excluding hydrogens is 280 g/mol. The smallest absolute Gasteiger partial charge is 0.245 e. The summed E-state index contributed by atoms with van der Waals surface area (Å²) in [5.41, 5.74) is 6.01. The van der Waals surface area contributed by atoms with E-state index >= 15 is 0 Å². The van der Waals surface area contributed by atoms with Gasteiger partial charge in [-0.1, -0.05) is 6.92 Å². The average Bonchev–Trinajstić information content (AvgIpc) is 2.38. The number of anilines is 1. The van der Waals surface area contributed by atoms with E-state index in [9.17, 15) is 8.42 Å². The molecule has 0 radical (unpaired) electrons. The lowest BCUT2D eigenvalue weighted by molar-refractivity contribution is 0.142. The highest BCUT2D eigenvalue weighted by Crippen LogP contribution is 2.27. The maximum absolute atomic E-state index is 12.6. The molecule has 1 rings (SSSR count). The molecule has 114 valence electrons. The van der Waals surface area contributed by atoms with E-state index in [1.54, 1.807) is 27.0 Å². The molecule has 0 amide bonds. The molecule has 0 aliphatic heterocycles. The number of nitrogens with zero attached hydrogens (tertiary/aromatic N) is 1. The number of nitrogens with two attached hydrogens (primary N) is 1. The highest BCUT2D eigenvalue weighted by molar-refractivity contribution is 7.89. The zero-order chi connectivity index (χ0) is 15.3. The van der Waals surface area contributed by atoms with Gasteiger partial charge in [0.1, 0.15) is 10.6 Å². The first-order valence-electron chi connectivity index (χ1n) is 6.32. The Labute approximate surface area is 120 Å². The van der Waals surface area contributed by atoms with Gasteiger partial charge in [0, 0.05) is 25.8 Å². The van der Waals surface area contributed by atoms with Crippen LogP contribution in [0.1, 0.15) is 13.8 Å². The maximum atomic E-state index is 12.6. The van der Waals surface area contributed by atoms with E-state index in [1.165, 1.54) is 23.5 Å². The Bertz CT molecular complexity index is 545. The van der Waals surface area contributed by atoms with E-state index in [4.69, 9.17) is 15.2 Å². The third-order valence-electron chi connectivity index (χ3n) is 3.01. The summed E-state index contributed by atoms with van der Waals surface area (Å²) in [6.45, 7) is 4.25. The molecule has 0 spiro atoms. The Morgan fingerprint density at radius 3 is 2.45 bits per heavy atom. The number of likely N-dealkylation sites (N-methyl/N-ethyl adjacent to an activating group) is 1. The summed E-state index contributed by atoms with van der Waals surface area (Å²) in [5.74, 6) is 0.523. The van der Waals surface area contributed by atoms with Gasteiger partial charge in [0.2, 0.25) is 10.0 Å². The Kier molecular flexibility index (Phi) is 5.79. The maximum Gasteiger partial charge on any atom is 0.245 e. The van der Waals surface area contributed by atoms with Crippen molar-refractivity contribution in [3.8, 4) is 5.75 Å². The van der Waals surface area contributed by atoms with Crippen molar-refractivity contribution in [1.82, 2.24) is 4.31 Å². The molecule has 0 aromatic heterocycles. The van der Waals surface area contributed by atoms with Crippen LogP contribution in [-0.2, 0) is 14.8 Å². The molecule has 7 heteroatoms. The van der Waals surface area contributed by atoms with Crippen molar-refractivity contribution in [2.75, 3.05) is 33.1 Å². The van der Waals surface area contributed by atoms with Gasteiger partial charge in [0.05, 0.1) is 19.4 Å². The molecule has 1 aromatic carbocycles. The predicted molar refractivity (Wildman–Crippen MR) is 78.3 cm³/mol. The van der Waals surface area contributed by atoms with Crippen LogP contribution in [0.2, 0.25) is 0 Å². The zero-order valence-electron chi connectivity index (χ0n) is 12.3. The van der Waals surface area contributed by atoms with E-state index in [-0.39, 0.29) is 16.6 Å². The Hall–Kier alpha value is -1.31. The molecule has 1 atom stereocenters. The summed E-state index contributed by atoms with van der Waals surface area (Å²) in [6, 6.07) is 4.28. The lowest BCUT2D eigenvalue weighted by atomic mass is 10.3. The predicted octanol–water partition coefficient (Wildman–Crippen LogP) is 1.32. The van der Waals surface area contributed by atoms with Crippen molar-refractivity contribution >= 4 is 15.7 Å². The number of hydrogen-bond acceptors (Lipinski definition) is 5. The molecule has 1 unspecified atom stereocenters. The second-order valence-corrected chi connectivity index (χ2v) is 6.28. The van der Waals surface area contributed by atoms with Gasteiger partial charge in [-0.25, -0.2) is 8.42 Å². The summed E-state index contributed by atoms with van der Waals surface area (Å²) in [6.07, 6.45) is 0. The number of sulfonamides is 1. The fourth-order valence-corrected chi connectivity index (χ4v) is 3.78. The second kappa shape index (κ2) is 6.92. The molecule has 20 heavy (non-hydrogen) atoms. The number of methoxy groups -OCH3 is 2. The number of ether oxygens (including phenoxy) is 2. The van der Waals surface area contributed by atoms with Crippen molar-refractivity contribution in [3.05, 3.63) is 18.2 Å². The summed E-state index contributed by atoms with van der Waals surface area (Å²) in [4.78, 5) is 0.0862. The minimum atomic E-state index is -3.66. The third-order valence-corrected chi connectivity index (χ3v) is 5.18. The molecular formula is C13H22N2O4S. The van der Waals surface area contributed by atoms with E-state index in [0.29, 0.717) is 18.9 Å². The molecule has 0 saturated heterocycles. The third kappa shape index (κ3) is 3.41. The van der Waals surface area contributed by atoms with Crippen LogP contribution in [-0.4, -0.2) is 46.1 Å². The molecule has 2 N–H and O–H groups in total. The summed E-state index contributed by atoms with van der Waals surface area (Å²) in [7, 11) is -0.613. The molecule has 0 heterocycles. The first-order chi connectivity index (χ1) is 9.38. The SMILES string of the molecule is CCN(C(C)COC)S(=O)(=O)c1ccc(OC)cc1N. The van der Waals surface area contributed by atoms with Crippen molar-refractivity contribution < 1.29 is 17.9 Å². The van der Waals surface area contributed by atoms with Gasteiger partial charge in [-0.05, 0) is 19.1 Å². The lowest BCUT2D eigenvalue weighted by Crippen LogP contribution is -2.41. The minimum Gasteiger partial charge on any atom is -0.497 e. The topological polar surface area (TPSA) is 81.9 Å². The summed E-state index contributed by atoms with van der Waals surface area (Å²) < 4.78 is 36.7. The Morgan fingerprint density at radius 1 is 1.35 bits per heavy atom. The lowest BCUT2D eigenvalue weighted by Gasteiger charge is -2.27. The van der Waals surface area contributed by atoms with Crippen molar-refractivity contribution in [2.24, 2.45) is 0 Å². The van der Waals surface area contributed by atoms with Gasteiger partial charge in [0.15, 0.2) is 0 Å². The first kappa shape index (κ1) is 16.7. The number of nitrogen functional groups attached to an aromatic ring is 1. The summed E-state index contributed by atoms with van der Waals surface area (Å²) >= 11 is 0. The van der Waals surface area contributed by atoms with Crippen molar-refractivity contribution in [1.29, 1.82) is 0 Å². The van der Waals surface area contributed by atoms with Crippen LogP contribution in [0.25, 0.3) is 0 Å². The highest BCUT2D eigenvalue weighted by Gasteiger charge is 2.29. The fourth-order valence-electron chi connectivity index (χ4n) is 2.06. The highest BCUT2D eigenvalue weighted by atomic mass is 32.2. The van der Waals surface area contributed by atoms with Gasteiger partial charge < -0.3 is 15.2 Å². The van der Waals surface area contributed by atoms with Gasteiger partial charge >= 0.3 is 0 Å². The van der Waals surface area contributed by atoms with Crippen LogP contribution in [0.4, 0.5) is 5.69 Å². The largest absolute Gasteiger partial charge is 0.497 e. The van der Waals surface area contributed by atoms with Crippen LogP contribution in [0.5, 0.6) is 5.75 Å². The molecule has 0 saturated carbocycles. The van der Waals surface area contributed by atoms with Crippen molar-refractivity contribution in [2.45, 2.75) is 24.8 Å². The van der Waals surface area contributed by atoms with Gasteiger partial charge in [-0.2, -0.15) is 4.31 Å². The standard InChI is InChI=1S/C13H22N2O4S/c1-5-15(10(2)9-18-3)20(16,17)13-7-6-11(19-4)8-12(13)14/h6-8,10H,5,9,14H2,1-4H3. The van der Waals surface area contributed by atoms with E-state index < -0.39 is 10.0 Å². The molecule has 0 fully saturated rings. The minimum absolute atomic E-state index is 0.0862. The van der Waals surface area contributed by atoms with Crippen LogP contribution in [0, 0.1) is 0 Å². The van der Waals surface area contributed by atoms with Crippen LogP contribution < -0.4 is 10.5 Å². The van der Waals surface area contributed by atoms with E-state index in [2.05, 4.69) is 0 Å². The number of hydrogen-bond donors (Lipinski definition) is 1. The fraction of sp³-hybridized carbons (Fsp3) is 0.538. The Balaban J connectivity index is 3.20. The Morgan fingerprint density at radius 2 is 2.00 bits per heavy atom. The number of rotatable bonds is 7. The quantitative estimate of drug-likeness (QED) is 0.768. The second-order valence-electron chi connectivity index (χ2n) is 4.42. The van der Waals surface area contributed by atoms with Crippen LogP contribution in [0.3, 0.4) is 0 Å². The molecule has 1 aromatic rings. The van der Waals surface area contributed by atoms with Gasteiger partial charge in [-0.15, -0.1) is 0 Å². The zero-order valence-corrected chi connectivity index (χ0v) is 13.1. The van der Waals surface area contributed by atoms with Crippen molar-refractivity contribution in [3.63, 3.8) is 0 Å². The molecule has 0 bridgehead atoms. The molecule has 0 aliphatic rings. The van der Waals surface area contributed by atoms with Crippen LogP contribution >= 0.6 is 0 Å². The van der Waals surface area contributed by atoms with E-state index in [0.717, 1.165) is 0 Å². The summed E-state index contributed by atoms with van der Waals surface area (Å²) in [5, 5.41) is 0. The van der Waals surface area contributed by atoms with Crippen LogP contribution in [0.15, 0.2) is 23.1 Å². The molecule has 6 nitrogen and oxygen atoms in total. The van der Waals surface area contributed by atoms with Gasteiger partial charge in [0.25, 0.3) is 0 Å². The normalized spacial score (nSPS) is 13.4. The number of benzene rings is 1. The van der Waals surface area contributed by atoms with E-state index in [1.807, 2.05) is 0 Å². The molecule has 0 aliphatic carbocycles.